The van der Waals surface area contributed by atoms with E-state index in [9.17, 15) is 4.79 Å². The van der Waals surface area contributed by atoms with Gasteiger partial charge in [-0.05, 0) is 39.2 Å². The highest BCUT2D eigenvalue weighted by atomic mass is 16.5. The van der Waals surface area contributed by atoms with Crippen molar-refractivity contribution in [2.24, 2.45) is 5.92 Å². The molecule has 0 aromatic carbocycles. The molecule has 2 aliphatic heterocycles. The Hall–Kier alpha value is -0.450. The summed E-state index contributed by atoms with van der Waals surface area (Å²) in [6.45, 7) is 1.93. The molecular weight excluding hydrogens is 254 g/mol. The predicted octanol–water partition coefficient (Wildman–Crippen LogP) is 2.26. The first kappa shape index (κ1) is 15.9. The molecule has 20 heavy (non-hydrogen) atoms. The highest BCUT2D eigenvalue weighted by Crippen LogP contribution is 2.36. The second-order valence-electron chi connectivity index (χ2n) is 6.25. The zero-order chi connectivity index (χ0) is 14.4. The van der Waals surface area contributed by atoms with Gasteiger partial charge in [0.2, 0.25) is 0 Å². The molecule has 2 fully saturated rings. The van der Waals surface area contributed by atoms with Gasteiger partial charge in [0.25, 0.3) is 0 Å². The van der Waals surface area contributed by atoms with E-state index >= 15 is 0 Å². The fraction of sp³-hybridized carbons (Fsp3) is 0.938. The molecule has 116 valence electrons. The van der Waals surface area contributed by atoms with Crippen LogP contribution in [-0.2, 0) is 14.3 Å². The summed E-state index contributed by atoms with van der Waals surface area (Å²) in [5.74, 6) is 0.769. The van der Waals surface area contributed by atoms with E-state index in [2.05, 4.69) is 11.9 Å². The van der Waals surface area contributed by atoms with Crippen LogP contribution in [-0.4, -0.2) is 56.7 Å². The number of piperidine rings is 2. The Bertz CT molecular complexity index is 294. The van der Waals surface area contributed by atoms with Gasteiger partial charge in [-0.25, -0.2) is 0 Å². The summed E-state index contributed by atoms with van der Waals surface area (Å²) in [7, 11) is 3.91. The standard InChI is InChI=1S/C16H29NO3/c1-17-14-5-3-6-15(17)12-13(11-14)16(18)7-4-8-20-10-9-19-2/h13-15H,3-12H2,1-2H3. The van der Waals surface area contributed by atoms with Crippen molar-refractivity contribution in [2.45, 2.75) is 57.0 Å². The molecule has 2 heterocycles. The van der Waals surface area contributed by atoms with Crippen molar-refractivity contribution >= 4 is 5.78 Å². The van der Waals surface area contributed by atoms with Gasteiger partial charge in [-0.1, -0.05) is 6.42 Å². The zero-order valence-corrected chi connectivity index (χ0v) is 13.0. The van der Waals surface area contributed by atoms with Crippen molar-refractivity contribution in [1.82, 2.24) is 4.90 Å². The fourth-order valence-electron chi connectivity index (χ4n) is 3.68. The Morgan fingerprint density at radius 3 is 2.50 bits per heavy atom. The number of fused-ring (bicyclic) bond motifs is 2. The van der Waals surface area contributed by atoms with Crippen LogP contribution in [0.2, 0.25) is 0 Å². The Labute approximate surface area is 122 Å². The molecule has 2 unspecified atom stereocenters. The number of Topliss-reactive ketones (excluding diaryl/α,β-unsaturated/α-hetero) is 1. The minimum atomic E-state index is 0.306. The molecule has 2 saturated heterocycles. The molecule has 0 aromatic rings. The van der Waals surface area contributed by atoms with E-state index in [1.165, 1.54) is 19.3 Å². The molecule has 0 saturated carbocycles. The lowest BCUT2D eigenvalue weighted by atomic mass is 9.76. The van der Waals surface area contributed by atoms with Gasteiger partial charge in [-0.2, -0.15) is 0 Å². The number of carbonyl (C=O) groups is 1. The molecule has 2 atom stereocenters. The smallest absolute Gasteiger partial charge is 0.136 e. The van der Waals surface area contributed by atoms with E-state index in [0.717, 1.165) is 19.3 Å². The molecule has 0 spiro atoms. The van der Waals surface area contributed by atoms with Crippen LogP contribution in [0.15, 0.2) is 0 Å². The van der Waals surface area contributed by atoms with Crippen molar-refractivity contribution in [1.29, 1.82) is 0 Å². The van der Waals surface area contributed by atoms with E-state index in [0.29, 0.717) is 50.0 Å². The maximum atomic E-state index is 12.3. The normalized spacial score (nSPS) is 30.4. The van der Waals surface area contributed by atoms with E-state index in [4.69, 9.17) is 9.47 Å². The summed E-state index contributed by atoms with van der Waals surface area (Å²) < 4.78 is 10.3. The average molecular weight is 283 g/mol. The van der Waals surface area contributed by atoms with E-state index < -0.39 is 0 Å². The summed E-state index contributed by atoms with van der Waals surface area (Å²) in [4.78, 5) is 14.8. The minimum absolute atomic E-state index is 0.306. The van der Waals surface area contributed by atoms with E-state index in [1.54, 1.807) is 7.11 Å². The molecule has 0 aromatic heterocycles. The number of hydrogen-bond acceptors (Lipinski definition) is 4. The van der Waals surface area contributed by atoms with Crippen molar-refractivity contribution < 1.29 is 14.3 Å². The fourth-order valence-corrected chi connectivity index (χ4v) is 3.68. The van der Waals surface area contributed by atoms with Crippen LogP contribution in [0.25, 0.3) is 0 Å². The van der Waals surface area contributed by atoms with Crippen LogP contribution in [0.1, 0.15) is 44.9 Å². The number of methoxy groups -OCH3 is 1. The SMILES string of the molecule is COCCOCCCC(=O)C1CC2CCCC(C1)N2C. The molecule has 4 nitrogen and oxygen atoms in total. The summed E-state index contributed by atoms with van der Waals surface area (Å²) in [6.07, 6.45) is 7.58. The lowest BCUT2D eigenvalue weighted by Gasteiger charge is -2.46. The molecule has 4 heteroatoms. The molecule has 0 amide bonds. The predicted molar refractivity (Wildman–Crippen MR) is 78.9 cm³/mol. The van der Waals surface area contributed by atoms with Gasteiger partial charge in [0.1, 0.15) is 5.78 Å². The quantitative estimate of drug-likeness (QED) is 0.641. The first-order valence-electron chi connectivity index (χ1n) is 8.03. The summed E-state index contributed by atoms with van der Waals surface area (Å²) in [5, 5.41) is 0. The van der Waals surface area contributed by atoms with Gasteiger partial charge in [0.05, 0.1) is 13.2 Å². The lowest BCUT2D eigenvalue weighted by Crippen LogP contribution is -2.51. The lowest BCUT2D eigenvalue weighted by molar-refractivity contribution is -0.127. The number of nitrogens with zero attached hydrogens (tertiary/aromatic N) is 1. The van der Waals surface area contributed by atoms with Gasteiger partial charge >= 0.3 is 0 Å². The second kappa shape index (κ2) is 8.11. The van der Waals surface area contributed by atoms with Gasteiger partial charge in [0.15, 0.2) is 0 Å². The van der Waals surface area contributed by atoms with E-state index in [1.807, 2.05) is 0 Å². The first-order chi connectivity index (χ1) is 9.72. The Morgan fingerprint density at radius 2 is 1.85 bits per heavy atom. The Kier molecular flexibility index (Phi) is 6.46. The molecule has 0 aliphatic carbocycles. The summed E-state index contributed by atoms with van der Waals surface area (Å²) in [6, 6.07) is 1.30. The Morgan fingerprint density at radius 1 is 1.15 bits per heavy atom. The third-order valence-electron chi connectivity index (χ3n) is 4.94. The van der Waals surface area contributed by atoms with Crippen LogP contribution < -0.4 is 0 Å². The number of rotatable bonds is 8. The van der Waals surface area contributed by atoms with Gasteiger partial charge in [0, 0.05) is 38.1 Å². The van der Waals surface area contributed by atoms with Crippen LogP contribution in [0, 0.1) is 5.92 Å². The van der Waals surface area contributed by atoms with Gasteiger partial charge < -0.3 is 14.4 Å². The minimum Gasteiger partial charge on any atom is -0.382 e. The maximum absolute atomic E-state index is 12.3. The summed E-state index contributed by atoms with van der Waals surface area (Å²) >= 11 is 0. The van der Waals surface area contributed by atoms with Crippen molar-refractivity contribution in [3.8, 4) is 0 Å². The van der Waals surface area contributed by atoms with Crippen molar-refractivity contribution in [3.05, 3.63) is 0 Å². The number of carbonyl (C=O) groups excluding carboxylic acids is 1. The Balaban J connectivity index is 1.66. The number of ether oxygens (including phenoxy) is 2. The third kappa shape index (κ3) is 4.27. The topological polar surface area (TPSA) is 38.8 Å². The maximum Gasteiger partial charge on any atom is 0.136 e. The molecule has 2 rings (SSSR count). The molecule has 0 radical (unpaired) electrons. The molecular formula is C16H29NO3. The first-order valence-corrected chi connectivity index (χ1v) is 8.03. The number of hydrogen-bond donors (Lipinski definition) is 0. The van der Waals surface area contributed by atoms with Crippen LogP contribution in [0.5, 0.6) is 0 Å². The van der Waals surface area contributed by atoms with Crippen LogP contribution in [0.3, 0.4) is 0 Å². The highest BCUT2D eigenvalue weighted by molar-refractivity contribution is 5.81. The van der Waals surface area contributed by atoms with Gasteiger partial charge in [-0.15, -0.1) is 0 Å². The monoisotopic (exact) mass is 283 g/mol. The third-order valence-corrected chi connectivity index (χ3v) is 4.94. The largest absolute Gasteiger partial charge is 0.382 e. The average Bonchev–Trinajstić information content (AvgIpc) is 2.42. The second-order valence-corrected chi connectivity index (χ2v) is 6.25. The number of ketones is 1. The zero-order valence-electron chi connectivity index (χ0n) is 13.0. The van der Waals surface area contributed by atoms with Crippen molar-refractivity contribution in [2.75, 3.05) is 34.0 Å². The van der Waals surface area contributed by atoms with Crippen molar-refractivity contribution in [3.63, 3.8) is 0 Å². The molecule has 2 bridgehead atoms. The molecule has 2 aliphatic rings. The van der Waals surface area contributed by atoms with Gasteiger partial charge in [-0.3, -0.25) is 4.79 Å². The highest BCUT2D eigenvalue weighted by Gasteiger charge is 2.38. The van der Waals surface area contributed by atoms with E-state index in [-0.39, 0.29) is 0 Å². The summed E-state index contributed by atoms with van der Waals surface area (Å²) in [5.41, 5.74) is 0. The van der Waals surface area contributed by atoms with Crippen LogP contribution >= 0.6 is 0 Å². The van der Waals surface area contributed by atoms with Crippen LogP contribution in [0.4, 0.5) is 0 Å². The molecule has 0 N–H and O–H groups in total.